The second-order valence-corrected chi connectivity index (χ2v) is 7.94. The van der Waals surface area contributed by atoms with Crippen molar-refractivity contribution in [2.75, 3.05) is 19.8 Å². The number of pyridine rings is 1. The van der Waals surface area contributed by atoms with Gasteiger partial charge in [0.25, 0.3) is 5.91 Å². The summed E-state index contributed by atoms with van der Waals surface area (Å²) in [4.78, 5) is 16.4. The monoisotopic (exact) mass is 516 g/mol. The molecule has 11 heteroatoms. The minimum absolute atomic E-state index is 0.0352. The van der Waals surface area contributed by atoms with E-state index in [9.17, 15) is 22.4 Å². The molecule has 3 aromatic rings. The topological polar surface area (TPSA) is 71.5 Å². The third-order valence-corrected chi connectivity index (χ3v) is 5.35. The number of hydrogen-bond acceptors (Lipinski definition) is 4. The molecule has 0 spiro atoms. The summed E-state index contributed by atoms with van der Waals surface area (Å²) in [5, 5.41) is 11.7. The average molecular weight is 517 g/mol. The quantitative estimate of drug-likeness (QED) is 0.390. The average Bonchev–Trinajstić information content (AvgIpc) is 2.79. The number of carbonyl (C=O) groups is 1. The van der Waals surface area contributed by atoms with Gasteiger partial charge >= 0.3 is 6.18 Å². The molecule has 2 N–H and O–H groups in total. The van der Waals surface area contributed by atoms with E-state index in [1.54, 1.807) is 0 Å². The largest absolute Gasteiger partial charge is 0.482 e. The molecule has 0 aliphatic carbocycles. The van der Waals surface area contributed by atoms with Crippen LogP contribution in [0.3, 0.4) is 0 Å². The number of rotatable bonds is 8. The number of hydrogen-bond donors (Lipinski definition) is 2. The van der Waals surface area contributed by atoms with E-state index in [4.69, 9.17) is 33.0 Å². The predicted molar refractivity (Wildman–Crippen MR) is 120 cm³/mol. The first-order chi connectivity index (χ1) is 16.1. The summed E-state index contributed by atoms with van der Waals surface area (Å²) >= 11 is 12.3. The first-order valence-electron chi connectivity index (χ1n) is 9.89. The lowest BCUT2D eigenvalue weighted by atomic mass is 10.0. The van der Waals surface area contributed by atoms with Crippen molar-refractivity contribution in [1.82, 2.24) is 10.3 Å². The smallest absolute Gasteiger partial charge is 0.422 e. The minimum atomic E-state index is -4.62. The highest BCUT2D eigenvalue weighted by molar-refractivity contribution is 6.33. The Kier molecular flexibility index (Phi) is 8.35. The number of nitrogens with one attached hydrogen (secondary N) is 1. The maximum Gasteiger partial charge on any atom is 0.422 e. The number of aliphatic hydroxyl groups is 1. The molecule has 0 radical (unpaired) electrons. The highest BCUT2D eigenvalue weighted by Gasteiger charge is 2.29. The van der Waals surface area contributed by atoms with Crippen LogP contribution < -0.4 is 10.1 Å². The van der Waals surface area contributed by atoms with Crippen molar-refractivity contribution in [3.63, 3.8) is 0 Å². The molecular weight excluding hydrogens is 499 g/mol. The molecule has 0 bridgehead atoms. The first-order valence-corrected chi connectivity index (χ1v) is 10.6. The fraction of sp³-hybridized carbons (Fsp3) is 0.217. The molecular formula is C23H18Cl2F4N2O3. The summed E-state index contributed by atoms with van der Waals surface area (Å²) in [6.45, 7) is -1.79. The first kappa shape index (κ1) is 25.7. The van der Waals surface area contributed by atoms with Crippen LogP contribution in [-0.2, 0) is 6.42 Å². The van der Waals surface area contributed by atoms with Crippen LogP contribution in [0.2, 0.25) is 10.0 Å². The molecule has 0 atom stereocenters. The number of aromatic nitrogens is 1. The summed E-state index contributed by atoms with van der Waals surface area (Å²) < 4.78 is 57.8. The fourth-order valence-corrected chi connectivity index (χ4v) is 3.52. The zero-order valence-corrected chi connectivity index (χ0v) is 18.9. The van der Waals surface area contributed by atoms with Crippen molar-refractivity contribution in [3.8, 4) is 16.9 Å². The van der Waals surface area contributed by atoms with Crippen LogP contribution in [0.1, 0.15) is 21.6 Å². The second kappa shape index (κ2) is 11.0. The molecule has 0 unspecified atom stereocenters. The van der Waals surface area contributed by atoms with Crippen LogP contribution in [0.25, 0.3) is 11.1 Å². The molecule has 0 saturated carbocycles. The summed E-state index contributed by atoms with van der Waals surface area (Å²) in [7, 11) is 0. The van der Waals surface area contributed by atoms with Crippen molar-refractivity contribution in [2.24, 2.45) is 0 Å². The van der Waals surface area contributed by atoms with Gasteiger partial charge in [-0.2, -0.15) is 13.2 Å². The van der Waals surface area contributed by atoms with E-state index >= 15 is 0 Å². The van der Waals surface area contributed by atoms with Crippen molar-refractivity contribution in [3.05, 3.63) is 81.3 Å². The van der Waals surface area contributed by atoms with Crippen LogP contribution in [0, 0.1) is 5.82 Å². The van der Waals surface area contributed by atoms with Crippen LogP contribution in [0.15, 0.2) is 48.7 Å². The Labute approximate surface area is 202 Å². The lowest BCUT2D eigenvalue weighted by Gasteiger charge is -2.16. The number of ether oxygens (including phenoxy) is 1. The number of amides is 1. The van der Waals surface area contributed by atoms with E-state index in [-0.39, 0.29) is 57.8 Å². The Bertz CT molecular complexity index is 1170. The summed E-state index contributed by atoms with van der Waals surface area (Å²) in [5.41, 5.74) is 0.906. The molecule has 1 aromatic heterocycles. The van der Waals surface area contributed by atoms with Crippen molar-refractivity contribution < 1.29 is 32.2 Å². The van der Waals surface area contributed by atoms with Gasteiger partial charge in [0.05, 0.1) is 12.3 Å². The summed E-state index contributed by atoms with van der Waals surface area (Å²) in [6.07, 6.45) is -3.50. The van der Waals surface area contributed by atoms with Gasteiger partial charge in [-0.15, -0.1) is 0 Å². The molecule has 3 rings (SSSR count). The van der Waals surface area contributed by atoms with Gasteiger partial charge in [-0.3, -0.25) is 9.78 Å². The number of aliphatic hydroxyl groups excluding tert-OH is 1. The molecule has 1 heterocycles. The summed E-state index contributed by atoms with van der Waals surface area (Å²) in [6, 6.07) is 9.68. The lowest BCUT2D eigenvalue weighted by molar-refractivity contribution is -0.153. The zero-order valence-electron chi connectivity index (χ0n) is 17.4. The molecule has 0 saturated heterocycles. The molecule has 2 aromatic carbocycles. The normalized spacial score (nSPS) is 11.4. The maximum atomic E-state index is 14.2. The highest BCUT2D eigenvalue weighted by Crippen LogP contribution is 2.34. The molecule has 180 valence electrons. The van der Waals surface area contributed by atoms with E-state index in [2.05, 4.69) is 10.3 Å². The van der Waals surface area contributed by atoms with E-state index in [1.807, 2.05) is 0 Å². The number of carbonyl (C=O) groups excluding carboxylic acids is 1. The third kappa shape index (κ3) is 6.59. The number of halogens is 6. The third-order valence-electron chi connectivity index (χ3n) is 4.66. The standard InChI is InChI=1S/C23H18Cl2F4N2O3/c24-17-2-1-3-19(26)16(17)10-20-21(34-12-23(27,28)29)9-14(11-31-20)15-8-13(4-5-18(15)25)22(33)30-6-7-32/h1-5,8-9,11,32H,6-7,10,12H2,(H,30,33). The lowest BCUT2D eigenvalue weighted by Crippen LogP contribution is -2.26. The van der Waals surface area contributed by atoms with Gasteiger partial charge in [-0.05, 0) is 36.4 Å². The Morgan fingerprint density at radius 1 is 1.12 bits per heavy atom. The number of nitrogens with zero attached hydrogens (tertiary/aromatic N) is 1. The van der Waals surface area contributed by atoms with Crippen molar-refractivity contribution in [1.29, 1.82) is 0 Å². The molecule has 0 aliphatic heterocycles. The van der Waals surface area contributed by atoms with Gasteiger partial charge in [-0.25, -0.2) is 4.39 Å². The maximum absolute atomic E-state index is 14.2. The predicted octanol–water partition coefficient (Wildman–Crippen LogP) is 5.45. The molecule has 5 nitrogen and oxygen atoms in total. The minimum Gasteiger partial charge on any atom is -0.482 e. The number of alkyl halides is 3. The van der Waals surface area contributed by atoms with Gasteiger partial charge < -0.3 is 15.2 Å². The Morgan fingerprint density at radius 2 is 1.88 bits per heavy atom. The van der Waals surface area contributed by atoms with Gasteiger partial charge in [0, 0.05) is 51.5 Å². The second-order valence-electron chi connectivity index (χ2n) is 7.12. The van der Waals surface area contributed by atoms with Crippen LogP contribution in [-0.4, -0.2) is 41.9 Å². The van der Waals surface area contributed by atoms with E-state index < -0.39 is 24.5 Å². The Hall–Kier alpha value is -2.88. The molecule has 1 amide bonds. The van der Waals surface area contributed by atoms with Gasteiger partial charge in [0.1, 0.15) is 11.6 Å². The van der Waals surface area contributed by atoms with Gasteiger partial charge in [0.2, 0.25) is 0 Å². The Balaban J connectivity index is 2.02. The highest BCUT2D eigenvalue weighted by atomic mass is 35.5. The van der Waals surface area contributed by atoms with Crippen molar-refractivity contribution >= 4 is 29.1 Å². The van der Waals surface area contributed by atoms with E-state index in [1.165, 1.54) is 48.7 Å². The zero-order chi connectivity index (χ0) is 24.9. The number of benzene rings is 2. The van der Waals surface area contributed by atoms with Crippen molar-refractivity contribution in [2.45, 2.75) is 12.6 Å². The molecule has 34 heavy (non-hydrogen) atoms. The van der Waals surface area contributed by atoms with E-state index in [0.29, 0.717) is 5.56 Å². The van der Waals surface area contributed by atoms with Crippen LogP contribution >= 0.6 is 23.2 Å². The SMILES string of the molecule is O=C(NCCO)c1ccc(Cl)c(-c2cnc(Cc3c(F)cccc3Cl)c(OCC(F)(F)F)c2)c1. The van der Waals surface area contributed by atoms with Gasteiger partial charge in [-0.1, -0.05) is 29.3 Å². The molecule has 0 aliphatic rings. The van der Waals surface area contributed by atoms with E-state index in [0.717, 1.165) is 0 Å². The summed E-state index contributed by atoms with van der Waals surface area (Å²) in [5.74, 6) is -1.34. The Morgan fingerprint density at radius 3 is 2.56 bits per heavy atom. The fourth-order valence-electron chi connectivity index (χ4n) is 3.07. The molecule has 0 fully saturated rings. The van der Waals surface area contributed by atoms with Crippen LogP contribution in [0.4, 0.5) is 17.6 Å². The van der Waals surface area contributed by atoms with Crippen LogP contribution in [0.5, 0.6) is 5.75 Å². The van der Waals surface area contributed by atoms with Gasteiger partial charge in [0.15, 0.2) is 6.61 Å².